The quantitative estimate of drug-likeness (QED) is 0.732. The van der Waals surface area contributed by atoms with Crippen LogP contribution >= 0.6 is 0 Å². The number of amides is 1. The lowest BCUT2D eigenvalue weighted by Crippen LogP contribution is -2.19. The summed E-state index contributed by atoms with van der Waals surface area (Å²) in [7, 11) is 0. The maximum atomic E-state index is 12.2. The van der Waals surface area contributed by atoms with E-state index in [1.165, 1.54) is 30.2 Å². The Morgan fingerprint density at radius 2 is 1.88 bits per heavy atom. The number of carbonyl (C=O) groups excluding carboxylic acids is 2. The molecule has 0 aliphatic rings. The monoisotopic (exact) mass is 336 g/mol. The number of nitrogens with two attached hydrogens (primary N) is 1. The number of nitrogens with zero attached hydrogens (tertiary/aromatic N) is 4. The molecule has 3 N–H and O–H groups in total. The highest BCUT2D eigenvalue weighted by molar-refractivity contribution is 6.05. The summed E-state index contributed by atoms with van der Waals surface area (Å²) in [4.78, 5) is 32.0. The van der Waals surface area contributed by atoms with E-state index in [0.29, 0.717) is 5.69 Å². The number of nitrogen functional groups attached to an aromatic ring is 1. The van der Waals surface area contributed by atoms with Gasteiger partial charge < -0.3 is 11.1 Å². The largest absolute Gasteiger partial charge is 0.382 e. The van der Waals surface area contributed by atoms with Crippen molar-refractivity contribution in [3.63, 3.8) is 0 Å². The number of hydrogen-bond donors (Lipinski definition) is 2. The molecule has 0 spiro atoms. The van der Waals surface area contributed by atoms with Gasteiger partial charge in [-0.15, -0.1) is 0 Å². The molecule has 1 aromatic carbocycles. The van der Waals surface area contributed by atoms with E-state index in [9.17, 15) is 9.59 Å². The molecule has 0 fully saturated rings. The van der Waals surface area contributed by atoms with Crippen LogP contribution in [0.4, 0.5) is 11.5 Å². The summed E-state index contributed by atoms with van der Waals surface area (Å²) in [5.41, 5.74) is 6.92. The third kappa shape index (κ3) is 3.52. The normalized spacial score (nSPS) is 11.7. The second kappa shape index (κ2) is 6.91. The Bertz CT molecular complexity index is 906. The molecule has 3 rings (SSSR count). The number of anilines is 2. The lowest BCUT2D eigenvalue weighted by Gasteiger charge is -2.14. The molecule has 25 heavy (non-hydrogen) atoms. The van der Waals surface area contributed by atoms with Crippen molar-refractivity contribution in [1.29, 1.82) is 0 Å². The van der Waals surface area contributed by atoms with Gasteiger partial charge in [-0.2, -0.15) is 5.10 Å². The van der Waals surface area contributed by atoms with Crippen LogP contribution in [0.1, 0.15) is 29.0 Å². The summed E-state index contributed by atoms with van der Waals surface area (Å²) in [6.07, 6.45) is 5.84. The molecule has 8 heteroatoms. The van der Waals surface area contributed by atoms with Crippen molar-refractivity contribution in [2.24, 2.45) is 0 Å². The average Bonchev–Trinajstić information content (AvgIpc) is 3.04. The van der Waals surface area contributed by atoms with Crippen LogP contribution in [0.3, 0.4) is 0 Å². The fourth-order valence-corrected chi connectivity index (χ4v) is 2.47. The Kier molecular flexibility index (Phi) is 4.51. The summed E-state index contributed by atoms with van der Waals surface area (Å²) in [5.74, 6) is -0.520. The van der Waals surface area contributed by atoms with Gasteiger partial charge in [0.15, 0.2) is 17.3 Å². The zero-order chi connectivity index (χ0) is 17.8. The predicted octanol–water partition coefficient (Wildman–Crippen LogP) is 1.69. The molecule has 1 unspecified atom stereocenters. The van der Waals surface area contributed by atoms with Gasteiger partial charge in [0.1, 0.15) is 6.04 Å². The summed E-state index contributed by atoms with van der Waals surface area (Å²) < 4.78 is 1.51. The Morgan fingerprint density at radius 1 is 1.16 bits per heavy atom. The van der Waals surface area contributed by atoms with Gasteiger partial charge in [-0.05, 0) is 12.5 Å². The van der Waals surface area contributed by atoms with Crippen molar-refractivity contribution in [1.82, 2.24) is 19.7 Å². The van der Waals surface area contributed by atoms with Gasteiger partial charge in [0.2, 0.25) is 0 Å². The first-order valence-corrected chi connectivity index (χ1v) is 7.53. The van der Waals surface area contributed by atoms with Crippen LogP contribution in [-0.2, 0) is 4.79 Å². The van der Waals surface area contributed by atoms with E-state index < -0.39 is 11.9 Å². The second-order valence-corrected chi connectivity index (χ2v) is 5.38. The maximum absolute atomic E-state index is 12.2. The number of hydrogen-bond acceptors (Lipinski definition) is 6. The van der Waals surface area contributed by atoms with Crippen LogP contribution in [0, 0.1) is 0 Å². The smallest absolute Gasteiger partial charge is 0.278 e. The molecule has 3 aromatic rings. The minimum Gasteiger partial charge on any atom is -0.382 e. The van der Waals surface area contributed by atoms with Crippen LogP contribution in [0.5, 0.6) is 0 Å². The number of rotatable bonds is 5. The Hall–Kier alpha value is -3.55. The molecule has 0 bridgehead atoms. The molecule has 0 saturated heterocycles. The van der Waals surface area contributed by atoms with Crippen molar-refractivity contribution in [2.75, 3.05) is 11.1 Å². The van der Waals surface area contributed by atoms with E-state index in [1.807, 2.05) is 30.3 Å². The molecule has 2 aromatic heterocycles. The van der Waals surface area contributed by atoms with E-state index in [0.717, 1.165) is 5.56 Å². The highest BCUT2D eigenvalue weighted by Gasteiger charge is 2.20. The van der Waals surface area contributed by atoms with Crippen molar-refractivity contribution >= 4 is 23.2 Å². The van der Waals surface area contributed by atoms with Crippen molar-refractivity contribution in [3.8, 4) is 0 Å². The third-order valence-corrected chi connectivity index (χ3v) is 3.57. The van der Waals surface area contributed by atoms with E-state index in [4.69, 9.17) is 5.73 Å². The van der Waals surface area contributed by atoms with E-state index in [2.05, 4.69) is 20.4 Å². The first kappa shape index (κ1) is 16.3. The van der Waals surface area contributed by atoms with Crippen molar-refractivity contribution < 1.29 is 9.59 Å². The zero-order valence-corrected chi connectivity index (χ0v) is 13.5. The Balaban J connectivity index is 1.83. The minimum absolute atomic E-state index is 0.0291. The van der Waals surface area contributed by atoms with E-state index in [-0.39, 0.29) is 17.3 Å². The van der Waals surface area contributed by atoms with E-state index >= 15 is 0 Å². The second-order valence-electron chi connectivity index (χ2n) is 5.38. The molecule has 2 heterocycles. The van der Waals surface area contributed by atoms with Gasteiger partial charge >= 0.3 is 0 Å². The molecule has 1 amide bonds. The lowest BCUT2D eigenvalue weighted by atomic mass is 10.0. The zero-order valence-electron chi connectivity index (χ0n) is 13.5. The number of ketones is 1. The lowest BCUT2D eigenvalue weighted by molar-refractivity contribution is -0.119. The highest BCUT2D eigenvalue weighted by Crippen LogP contribution is 2.21. The molecule has 0 radical (unpaired) electrons. The molecular weight excluding hydrogens is 320 g/mol. The van der Waals surface area contributed by atoms with Gasteiger partial charge in [-0.3, -0.25) is 14.3 Å². The summed E-state index contributed by atoms with van der Waals surface area (Å²) in [6.45, 7) is 1.50. The van der Waals surface area contributed by atoms with Crippen LogP contribution in [-0.4, -0.2) is 31.4 Å². The highest BCUT2D eigenvalue weighted by atomic mass is 16.2. The first-order valence-electron chi connectivity index (χ1n) is 7.53. The van der Waals surface area contributed by atoms with Gasteiger partial charge in [-0.1, -0.05) is 30.3 Å². The summed E-state index contributed by atoms with van der Waals surface area (Å²) in [5, 5.41) is 6.85. The molecular formula is C17H16N6O2. The Labute approximate surface area is 143 Å². The number of benzene rings is 1. The fraction of sp³-hybridized carbons (Fsp3) is 0.118. The topological polar surface area (TPSA) is 116 Å². The number of carbonyl (C=O) groups is 2. The van der Waals surface area contributed by atoms with Gasteiger partial charge in [0, 0.05) is 18.6 Å². The number of aromatic nitrogens is 4. The first-order chi connectivity index (χ1) is 12.1. The van der Waals surface area contributed by atoms with Crippen LogP contribution < -0.4 is 11.1 Å². The predicted molar refractivity (Wildman–Crippen MR) is 91.9 cm³/mol. The molecule has 8 nitrogen and oxygen atoms in total. The van der Waals surface area contributed by atoms with Gasteiger partial charge in [0.25, 0.3) is 5.91 Å². The summed E-state index contributed by atoms with van der Waals surface area (Å²) >= 11 is 0. The maximum Gasteiger partial charge on any atom is 0.278 e. The summed E-state index contributed by atoms with van der Waals surface area (Å²) in [6, 6.07) is 8.73. The van der Waals surface area contributed by atoms with Crippen LogP contribution in [0.15, 0.2) is 55.1 Å². The minimum atomic E-state index is -0.562. The fourth-order valence-electron chi connectivity index (χ4n) is 2.47. The third-order valence-electron chi connectivity index (χ3n) is 3.57. The Morgan fingerprint density at radius 3 is 2.56 bits per heavy atom. The average molecular weight is 336 g/mol. The molecule has 0 saturated carbocycles. The van der Waals surface area contributed by atoms with Crippen molar-refractivity contribution in [3.05, 3.63) is 66.4 Å². The van der Waals surface area contributed by atoms with Crippen LogP contribution in [0.2, 0.25) is 0 Å². The van der Waals surface area contributed by atoms with Crippen molar-refractivity contribution in [2.45, 2.75) is 13.0 Å². The van der Waals surface area contributed by atoms with E-state index in [1.54, 1.807) is 6.20 Å². The molecule has 0 aliphatic carbocycles. The molecule has 0 aliphatic heterocycles. The van der Waals surface area contributed by atoms with Gasteiger partial charge in [0.05, 0.1) is 11.9 Å². The standard InChI is InChI=1S/C17H16N6O2/c1-11(24)15(12-5-3-2-4-6-12)23-10-13(9-21-23)22-17(25)14-16(18)20-8-7-19-14/h2-10,15H,1H3,(H2,18,20)(H,22,25). The molecule has 1 atom stereocenters. The molecule has 126 valence electrons. The SMILES string of the molecule is CC(=O)C(c1ccccc1)n1cc(NC(=O)c2nccnc2N)cn1. The number of Topliss-reactive ketones (excluding diaryl/α,β-unsaturated/α-hetero) is 1. The number of nitrogens with one attached hydrogen (secondary N) is 1. The van der Waals surface area contributed by atoms with Crippen LogP contribution in [0.25, 0.3) is 0 Å². The van der Waals surface area contributed by atoms with Gasteiger partial charge in [-0.25, -0.2) is 9.97 Å².